The van der Waals surface area contributed by atoms with E-state index in [4.69, 9.17) is 4.84 Å². The van der Waals surface area contributed by atoms with Crippen LogP contribution in [0.1, 0.15) is 37.0 Å². The van der Waals surface area contributed by atoms with Crippen molar-refractivity contribution in [3.8, 4) is 0 Å². The molecule has 0 fully saturated rings. The van der Waals surface area contributed by atoms with Gasteiger partial charge in [-0.25, -0.2) is 8.78 Å². The highest BCUT2D eigenvalue weighted by Crippen LogP contribution is 2.22. The van der Waals surface area contributed by atoms with E-state index in [1.807, 2.05) is 31.2 Å². The molecule has 1 heterocycles. The third-order valence-electron chi connectivity index (χ3n) is 4.79. The Kier molecular flexibility index (Phi) is 6.07. The van der Waals surface area contributed by atoms with Gasteiger partial charge >= 0.3 is 0 Å². The van der Waals surface area contributed by atoms with Crippen molar-refractivity contribution in [2.45, 2.75) is 39.8 Å². The first-order valence-electron chi connectivity index (χ1n) is 9.36. The number of carbonyl (C=O) groups excluding carboxylic acids is 1. The topological polar surface area (TPSA) is 41.9 Å². The fraction of sp³-hybridized carbons (Fsp3) is 0.364. The second kappa shape index (κ2) is 8.50. The van der Waals surface area contributed by atoms with Gasteiger partial charge in [-0.2, -0.15) is 0 Å². The lowest BCUT2D eigenvalue weighted by Crippen LogP contribution is -2.39. The van der Waals surface area contributed by atoms with Crippen LogP contribution in [0.25, 0.3) is 0 Å². The molecule has 1 aliphatic heterocycles. The first kappa shape index (κ1) is 20.0. The summed E-state index contributed by atoms with van der Waals surface area (Å²) in [6.07, 6.45) is 0.263. The summed E-state index contributed by atoms with van der Waals surface area (Å²) < 4.78 is 27.3. The summed E-state index contributed by atoms with van der Waals surface area (Å²) in [5, 5.41) is 4.20. The minimum absolute atomic E-state index is 0.0582. The molecule has 0 saturated heterocycles. The Morgan fingerprint density at radius 3 is 2.68 bits per heavy atom. The molecule has 0 spiro atoms. The van der Waals surface area contributed by atoms with E-state index in [9.17, 15) is 13.6 Å². The molecule has 6 heteroatoms. The molecule has 2 aromatic rings. The van der Waals surface area contributed by atoms with Gasteiger partial charge in [0.1, 0.15) is 11.6 Å². The average Bonchev–Trinajstić information content (AvgIpc) is 3.11. The van der Waals surface area contributed by atoms with Crippen LogP contribution in [0.15, 0.2) is 47.6 Å². The maximum atomic E-state index is 14.1. The van der Waals surface area contributed by atoms with Gasteiger partial charge in [-0.1, -0.05) is 49.3 Å². The molecule has 0 aromatic heterocycles. The molecule has 3 rings (SSSR count). The predicted octanol–water partition coefficient (Wildman–Crippen LogP) is 4.45. The fourth-order valence-electron chi connectivity index (χ4n) is 3.28. The monoisotopic (exact) mass is 386 g/mol. The van der Waals surface area contributed by atoms with Crippen LogP contribution in [0.4, 0.5) is 8.78 Å². The van der Waals surface area contributed by atoms with E-state index in [1.54, 1.807) is 18.7 Å². The highest BCUT2D eigenvalue weighted by atomic mass is 19.1. The second-order valence-corrected chi connectivity index (χ2v) is 7.39. The van der Waals surface area contributed by atoms with Crippen molar-refractivity contribution in [3.05, 3.63) is 70.8 Å². The van der Waals surface area contributed by atoms with E-state index in [1.165, 1.54) is 12.1 Å². The van der Waals surface area contributed by atoms with E-state index in [0.717, 1.165) is 22.9 Å². The fourth-order valence-corrected chi connectivity index (χ4v) is 3.28. The first-order valence-corrected chi connectivity index (χ1v) is 9.36. The lowest BCUT2D eigenvalue weighted by atomic mass is 10.00. The number of hydrogen-bond donors (Lipinski definition) is 0. The van der Waals surface area contributed by atoms with Crippen LogP contribution in [-0.4, -0.2) is 29.2 Å². The van der Waals surface area contributed by atoms with Crippen LogP contribution in [-0.2, 0) is 16.2 Å². The number of carbonyl (C=O) groups is 1. The SMILES string of the molecule is Cc1ccccc1C1=NO[C@H](CN(Cc2ccc(F)cc2F)C(=O)C(C)C)C1. The molecule has 28 heavy (non-hydrogen) atoms. The Morgan fingerprint density at radius 1 is 1.25 bits per heavy atom. The van der Waals surface area contributed by atoms with Crippen molar-refractivity contribution in [3.63, 3.8) is 0 Å². The van der Waals surface area contributed by atoms with Crippen molar-refractivity contribution in [2.75, 3.05) is 6.54 Å². The van der Waals surface area contributed by atoms with Crippen LogP contribution in [0, 0.1) is 24.5 Å². The second-order valence-electron chi connectivity index (χ2n) is 7.39. The zero-order valence-electron chi connectivity index (χ0n) is 16.3. The number of halogens is 2. The summed E-state index contributed by atoms with van der Waals surface area (Å²) in [5.41, 5.74) is 3.24. The molecule has 0 unspecified atom stereocenters. The lowest BCUT2D eigenvalue weighted by molar-refractivity contribution is -0.137. The van der Waals surface area contributed by atoms with Gasteiger partial charge in [0, 0.05) is 36.1 Å². The van der Waals surface area contributed by atoms with Crippen LogP contribution < -0.4 is 0 Å². The molecular weight excluding hydrogens is 362 g/mol. The van der Waals surface area contributed by atoms with Gasteiger partial charge in [0.05, 0.1) is 12.3 Å². The number of nitrogens with zero attached hydrogens (tertiary/aromatic N) is 2. The van der Waals surface area contributed by atoms with E-state index >= 15 is 0 Å². The van der Waals surface area contributed by atoms with Crippen molar-refractivity contribution >= 4 is 11.6 Å². The molecule has 4 nitrogen and oxygen atoms in total. The minimum Gasteiger partial charge on any atom is -0.390 e. The maximum Gasteiger partial charge on any atom is 0.225 e. The van der Waals surface area contributed by atoms with Gasteiger partial charge < -0.3 is 9.74 Å². The van der Waals surface area contributed by atoms with Crippen LogP contribution in [0.3, 0.4) is 0 Å². The Hall–Kier alpha value is -2.76. The van der Waals surface area contributed by atoms with Crippen LogP contribution in [0.5, 0.6) is 0 Å². The molecule has 0 saturated carbocycles. The van der Waals surface area contributed by atoms with Gasteiger partial charge in [-0.05, 0) is 18.6 Å². The third-order valence-corrected chi connectivity index (χ3v) is 4.79. The number of rotatable bonds is 6. The molecule has 2 aromatic carbocycles. The van der Waals surface area contributed by atoms with Gasteiger partial charge in [0.2, 0.25) is 5.91 Å². The molecule has 1 aliphatic rings. The predicted molar refractivity (Wildman–Crippen MR) is 104 cm³/mol. The van der Waals surface area contributed by atoms with E-state index in [0.29, 0.717) is 6.42 Å². The summed E-state index contributed by atoms with van der Waals surface area (Å²) in [7, 11) is 0. The highest BCUT2D eigenvalue weighted by Gasteiger charge is 2.28. The molecular formula is C22H24F2N2O2. The quantitative estimate of drug-likeness (QED) is 0.736. The summed E-state index contributed by atoms with van der Waals surface area (Å²) in [5.74, 6) is -1.66. The molecule has 1 amide bonds. The normalized spacial score (nSPS) is 16.1. The largest absolute Gasteiger partial charge is 0.390 e. The molecule has 148 valence electrons. The van der Waals surface area contributed by atoms with Crippen molar-refractivity contribution in [1.82, 2.24) is 4.90 Å². The van der Waals surface area contributed by atoms with Gasteiger partial charge in [0.15, 0.2) is 6.10 Å². The molecule has 0 N–H and O–H groups in total. The standard InChI is InChI=1S/C22H24F2N2O2/c1-14(2)22(27)26(12-16-8-9-17(23)10-20(16)24)13-18-11-21(25-28-18)19-7-5-4-6-15(19)3/h4-10,14,18H,11-13H2,1-3H3/t18-/m0/s1. The van der Waals surface area contributed by atoms with Crippen molar-refractivity contribution in [2.24, 2.45) is 11.1 Å². The van der Waals surface area contributed by atoms with Crippen molar-refractivity contribution < 1.29 is 18.4 Å². The number of amides is 1. The van der Waals surface area contributed by atoms with Gasteiger partial charge in [0.25, 0.3) is 0 Å². The van der Waals surface area contributed by atoms with Crippen LogP contribution >= 0.6 is 0 Å². The number of oxime groups is 1. The van der Waals surface area contributed by atoms with E-state index in [2.05, 4.69) is 5.16 Å². The number of aryl methyl sites for hydroxylation is 1. The Labute approximate surface area is 163 Å². The summed E-state index contributed by atoms with van der Waals surface area (Å²) >= 11 is 0. The zero-order valence-corrected chi connectivity index (χ0v) is 16.3. The minimum atomic E-state index is -0.661. The molecule has 0 bridgehead atoms. The molecule has 0 radical (unpaired) electrons. The maximum absolute atomic E-state index is 14.1. The Morgan fingerprint density at radius 2 is 2.00 bits per heavy atom. The van der Waals surface area contributed by atoms with Crippen molar-refractivity contribution in [1.29, 1.82) is 0 Å². The van der Waals surface area contributed by atoms with Gasteiger partial charge in [-0.15, -0.1) is 0 Å². The van der Waals surface area contributed by atoms with E-state index in [-0.39, 0.29) is 36.6 Å². The average molecular weight is 386 g/mol. The Bertz CT molecular complexity index is 896. The molecule has 1 atom stereocenters. The summed E-state index contributed by atoms with van der Waals surface area (Å²) in [4.78, 5) is 19.8. The first-order chi connectivity index (χ1) is 13.3. The number of benzene rings is 2. The summed E-state index contributed by atoms with van der Waals surface area (Å²) in [6, 6.07) is 11.3. The summed E-state index contributed by atoms with van der Waals surface area (Å²) in [6.45, 7) is 5.94. The zero-order chi connectivity index (χ0) is 20.3. The Balaban J connectivity index is 1.72. The smallest absolute Gasteiger partial charge is 0.225 e. The van der Waals surface area contributed by atoms with Gasteiger partial charge in [-0.3, -0.25) is 4.79 Å². The highest BCUT2D eigenvalue weighted by molar-refractivity contribution is 6.02. The lowest BCUT2D eigenvalue weighted by Gasteiger charge is -2.26. The number of hydrogen-bond acceptors (Lipinski definition) is 3. The molecule has 0 aliphatic carbocycles. The van der Waals surface area contributed by atoms with E-state index < -0.39 is 11.6 Å². The third kappa shape index (κ3) is 4.55. The van der Waals surface area contributed by atoms with Crippen LogP contribution in [0.2, 0.25) is 0 Å².